The third kappa shape index (κ3) is 3.42. The fraction of sp³-hybridized carbons (Fsp3) is 0.0952. The Morgan fingerprint density at radius 1 is 1.04 bits per heavy atom. The molecule has 0 spiro atoms. The van der Waals surface area contributed by atoms with Crippen molar-refractivity contribution in [2.45, 2.75) is 6.92 Å². The van der Waals surface area contributed by atoms with E-state index in [1.165, 1.54) is 12.3 Å². The molecule has 2 aromatic heterocycles. The van der Waals surface area contributed by atoms with Gasteiger partial charge in [0.25, 0.3) is 0 Å². The molecule has 2 heterocycles. The van der Waals surface area contributed by atoms with Crippen LogP contribution in [-0.2, 0) is 0 Å². The van der Waals surface area contributed by atoms with E-state index in [1.54, 1.807) is 60.6 Å². The van der Waals surface area contributed by atoms with Gasteiger partial charge >= 0.3 is 6.01 Å². The predicted octanol–water partition coefficient (Wildman–Crippen LogP) is 4.74. The summed E-state index contributed by atoms with van der Waals surface area (Å²) >= 11 is 0. The molecule has 4 rings (SSSR count). The summed E-state index contributed by atoms with van der Waals surface area (Å²) in [5, 5.41) is 10.5. The number of aryl methyl sites for hydroxylation is 1. The van der Waals surface area contributed by atoms with Gasteiger partial charge < -0.3 is 14.7 Å². The van der Waals surface area contributed by atoms with Gasteiger partial charge in [0.05, 0.1) is 22.8 Å². The van der Waals surface area contributed by atoms with E-state index in [0.29, 0.717) is 22.3 Å². The maximum Gasteiger partial charge on any atom is 0.325 e. The molecule has 0 saturated carbocycles. The van der Waals surface area contributed by atoms with Crippen LogP contribution in [0.15, 0.2) is 60.9 Å². The molecule has 0 unspecified atom stereocenters. The van der Waals surface area contributed by atoms with Crippen LogP contribution >= 0.6 is 0 Å². The Kier molecular flexibility index (Phi) is 4.49. The Bertz CT molecular complexity index is 1150. The van der Waals surface area contributed by atoms with Gasteiger partial charge in [-0.3, -0.25) is 4.98 Å². The van der Waals surface area contributed by atoms with Crippen LogP contribution in [0.1, 0.15) is 5.56 Å². The van der Waals surface area contributed by atoms with Gasteiger partial charge in [0, 0.05) is 18.9 Å². The standard InChI is InChI=1S/C21H17FN4O2/c1-13-3-8-17(22)19(11-13)26(2)14-4-6-15(7-5-14)28-21-24-18-12-23-10-9-16(18)20(27)25-21/h3-12H,1-2H3,(H,24,25,27). The molecule has 0 amide bonds. The number of pyridine rings is 1. The molecule has 0 fully saturated rings. The lowest BCUT2D eigenvalue weighted by Gasteiger charge is -2.21. The number of anilines is 2. The van der Waals surface area contributed by atoms with Crippen molar-refractivity contribution in [3.8, 4) is 17.6 Å². The second-order valence-electron chi connectivity index (χ2n) is 6.33. The van der Waals surface area contributed by atoms with Crippen molar-refractivity contribution in [1.29, 1.82) is 0 Å². The van der Waals surface area contributed by atoms with Crippen molar-refractivity contribution >= 4 is 22.3 Å². The molecule has 28 heavy (non-hydrogen) atoms. The minimum Gasteiger partial charge on any atom is -0.493 e. The topological polar surface area (TPSA) is 71.4 Å². The van der Waals surface area contributed by atoms with Crippen LogP contribution in [-0.4, -0.2) is 27.1 Å². The number of fused-ring (bicyclic) bond motifs is 1. The molecular weight excluding hydrogens is 359 g/mol. The fourth-order valence-electron chi connectivity index (χ4n) is 2.85. The smallest absolute Gasteiger partial charge is 0.325 e. The zero-order valence-corrected chi connectivity index (χ0v) is 15.3. The largest absolute Gasteiger partial charge is 0.493 e. The van der Waals surface area contributed by atoms with Gasteiger partial charge in [-0.15, -0.1) is 0 Å². The third-order valence-corrected chi connectivity index (χ3v) is 4.35. The summed E-state index contributed by atoms with van der Waals surface area (Å²) in [4.78, 5) is 13.9. The van der Waals surface area contributed by atoms with Crippen LogP contribution in [0.2, 0.25) is 0 Å². The molecule has 0 saturated heterocycles. The number of rotatable bonds is 4. The Balaban J connectivity index is 1.57. The number of aromatic nitrogens is 3. The summed E-state index contributed by atoms with van der Waals surface area (Å²) in [6, 6.07) is 13.7. The Morgan fingerprint density at radius 2 is 1.82 bits per heavy atom. The zero-order chi connectivity index (χ0) is 19.7. The quantitative estimate of drug-likeness (QED) is 0.555. The first-order valence-electron chi connectivity index (χ1n) is 8.60. The number of aromatic hydroxyl groups is 1. The van der Waals surface area contributed by atoms with Gasteiger partial charge in [-0.25, -0.2) is 4.39 Å². The van der Waals surface area contributed by atoms with E-state index >= 15 is 0 Å². The van der Waals surface area contributed by atoms with Crippen molar-refractivity contribution in [1.82, 2.24) is 15.0 Å². The second-order valence-corrected chi connectivity index (χ2v) is 6.33. The van der Waals surface area contributed by atoms with E-state index in [-0.39, 0.29) is 17.7 Å². The van der Waals surface area contributed by atoms with E-state index in [9.17, 15) is 9.50 Å². The summed E-state index contributed by atoms with van der Waals surface area (Å²) in [6.07, 6.45) is 3.08. The highest BCUT2D eigenvalue weighted by Gasteiger charge is 2.11. The van der Waals surface area contributed by atoms with E-state index in [1.807, 2.05) is 6.92 Å². The lowest BCUT2D eigenvalue weighted by molar-refractivity contribution is 0.412. The van der Waals surface area contributed by atoms with E-state index < -0.39 is 0 Å². The SMILES string of the molecule is Cc1ccc(F)c(N(C)c2ccc(Oc3nc(O)c4ccncc4n3)cc2)c1. The lowest BCUT2D eigenvalue weighted by Crippen LogP contribution is -2.11. The molecule has 0 aliphatic rings. The number of hydrogen-bond acceptors (Lipinski definition) is 6. The molecule has 7 heteroatoms. The van der Waals surface area contributed by atoms with E-state index in [4.69, 9.17) is 4.74 Å². The highest BCUT2D eigenvalue weighted by atomic mass is 19.1. The summed E-state index contributed by atoms with van der Waals surface area (Å²) in [7, 11) is 1.80. The number of hydrogen-bond donors (Lipinski definition) is 1. The first kappa shape index (κ1) is 17.7. The van der Waals surface area contributed by atoms with Crippen molar-refractivity contribution in [3.63, 3.8) is 0 Å². The van der Waals surface area contributed by atoms with Gasteiger partial charge in [-0.2, -0.15) is 9.97 Å². The minimum atomic E-state index is -0.290. The first-order chi connectivity index (χ1) is 13.5. The average Bonchev–Trinajstić information content (AvgIpc) is 2.70. The summed E-state index contributed by atoms with van der Waals surface area (Å²) < 4.78 is 19.8. The maximum absolute atomic E-state index is 14.1. The zero-order valence-electron chi connectivity index (χ0n) is 15.3. The van der Waals surface area contributed by atoms with Crippen molar-refractivity contribution in [3.05, 3.63) is 72.3 Å². The molecule has 4 aromatic rings. The summed E-state index contributed by atoms with van der Waals surface area (Å²) in [5.74, 6) is 0.0280. The van der Waals surface area contributed by atoms with Gasteiger partial charge in [0.15, 0.2) is 0 Å². The molecule has 140 valence electrons. The molecule has 6 nitrogen and oxygen atoms in total. The molecule has 0 atom stereocenters. The Hall–Kier alpha value is -3.74. The maximum atomic E-state index is 14.1. The van der Waals surface area contributed by atoms with Crippen LogP contribution in [0.5, 0.6) is 17.6 Å². The van der Waals surface area contributed by atoms with Crippen LogP contribution < -0.4 is 9.64 Å². The van der Waals surface area contributed by atoms with Crippen molar-refractivity contribution < 1.29 is 14.2 Å². The van der Waals surface area contributed by atoms with Gasteiger partial charge in [0.1, 0.15) is 11.6 Å². The van der Waals surface area contributed by atoms with Gasteiger partial charge in [0.2, 0.25) is 5.88 Å². The molecule has 0 radical (unpaired) electrons. The van der Waals surface area contributed by atoms with E-state index in [0.717, 1.165) is 11.3 Å². The van der Waals surface area contributed by atoms with Gasteiger partial charge in [-0.05, 0) is 55.0 Å². The summed E-state index contributed by atoms with van der Waals surface area (Å²) in [6.45, 7) is 1.92. The summed E-state index contributed by atoms with van der Waals surface area (Å²) in [5.41, 5.74) is 2.74. The second kappa shape index (κ2) is 7.11. The average molecular weight is 376 g/mol. The highest BCUT2D eigenvalue weighted by molar-refractivity contribution is 5.82. The Labute approximate surface area is 160 Å². The Morgan fingerprint density at radius 3 is 2.61 bits per heavy atom. The minimum absolute atomic E-state index is 0.0174. The molecule has 2 aromatic carbocycles. The molecular formula is C21H17FN4O2. The molecule has 0 aliphatic carbocycles. The van der Waals surface area contributed by atoms with Crippen LogP contribution in [0.25, 0.3) is 10.9 Å². The van der Waals surface area contributed by atoms with E-state index in [2.05, 4.69) is 15.0 Å². The number of nitrogens with zero attached hydrogens (tertiary/aromatic N) is 4. The van der Waals surface area contributed by atoms with Crippen LogP contribution in [0.4, 0.5) is 15.8 Å². The third-order valence-electron chi connectivity index (χ3n) is 4.35. The number of halogens is 1. The number of benzene rings is 2. The number of ether oxygens (including phenoxy) is 1. The highest BCUT2D eigenvalue weighted by Crippen LogP contribution is 2.30. The van der Waals surface area contributed by atoms with Crippen molar-refractivity contribution in [2.24, 2.45) is 0 Å². The molecule has 1 N–H and O–H groups in total. The predicted molar refractivity (Wildman–Crippen MR) is 105 cm³/mol. The van der Waals surface area contributed by atoms with Crippen LogP contribution in [0, 0.1) is 12.7 Å². The van der Waals surface area contributed by atoms with Crippen LogP contribution in [0.3, 0.4) is 0 Å². The first-order valence-corrected chi connectivity index (χ1v) is 8.60. The normalized spacial score (nSPS) is 10.8. The molecule has 0 aliphatic heterocycles. The lowest BCUT2D eigenvalue weighted by atomic mass is 10.2. The fourth-order valence-corrected chi connectivity index (χ4v) is 2.85. The van der Waals surface area contributed by atoms with Gasteiger partial charge in [-0.1, -0.05) is 6.07 Å². The monoisotopic (exact) mass is 376 g/mol. The molecule has 0 bridgehead atoms. The van der Waals surface area contributed by atoms with Crippen molar-refractivity contribution in [2.75, 3.05) is 11.9 Å².